The molecular formula is C18H24F2N2O3. The van der Waals surface area contributed by atoms with Crippen LogP contribution in [0.5, 0.6) is 0 Å². The Balaban J connectivity index is 3.17. The Morgan fingerprint density at radius 3 is 2.32 bits per heavy atom. The Kier molecular flexibility index (Phi) is 7.23. The van der Waals surface area contributed by atoms with Gasteiger partial charge < -0.3 is 5.11 Å². The van der Waals surface area contributed by atoms with Gasteiger partial charge in [0, 0.05) is 16.8 Å². The number of aliphatic hydroxyl groups excluding tert-OH is 1. The molecule has 0 aromatic carbocycles. The Morgan fingerprint density at radius 2 is 1.92 bits per heavy atom. The number of nitrogens with one attached hydrogen (secondary N) is 1. The van der Waals surface area contributed by atoms with Crippen molar-refractivity contribution >= 4 is 11.8 Å². The highest BCUT2D eigenvalue weighted by atomic mass is 19.3. The summed E-state index contributed by atoms with van der Waals surface area (Å²) in [7, 11) is 0. The topological polar surface area (TPSA) is 69.6 Å². The van der Waals surface area contributed by atoms with Gasteiger partial charge in [-0.05, 0) is 37.8 Å². The first-order chi connectivity index (χ1) is 11.6. The Bertz CT molecular complexity index is 663. The summed E-state index contributed by atoms with van der Waals surface area (Å²) in [5, 5.41) is 10.0. The largest absolute Gasteiger partial charge is 0.391 e. The molecule has 5 nitrogen and oxygen atoms in total. The number of nitrogens with zero attached hydrogens (tertiary/aromatic N) is 1. The summed E-state index contributed by atoms with van der Waals surface area (Å²) in [6.07, 6.45) is 0.655. The summed E-state index contributed by atoms with van der Waals surface area (Å²) >= 11 is 0. The minimum Gasteiger partial charge on any atom is -0.391 e. The second-order valence-corrected chi connectivity index (χ2v) is 5.95. The van der Waals surface area contributed by atoms with Gasteiger partial charge in [0.25, 0.3) is 18.2 Å². The van der Waals surface area contributed by atoms with Gasteiger partial charge in [0.05, 0.1) is 12.2 Å². The van der Waals surface area contributed by atoms with Gasteiger partial charge in [-0.15, -0.1) is 0 Å². The molecule has 0 spiro atoms. The van der Waals surface area contributed by atoms with Crippen molar-refractivity contribution in [2.75, 3.05) is 6.61 Å². The van der Waals surface area contributed by atoms with Crippen molar-refractivity contribution < 1.29 is 23.5 Å². The number of alkyl halides is 2. The number of halogens is 2. The van der Waals surface area contributed by atoms with Crippen LogP contribution in [0.4, 0.5) is 8.78 Å². The molecule has 0 aromatic heterocycles. The molecule has 138 valence electrons. The zero-order valence-corrected chi connectivity index (χ0v) is 14.9. The number of hydrogen-bond donors (Lipinski definition) is 2. The molecule has 0 bridgehead atoms. The number of amides is 2. The number of hydrogen-bond acceptors (Lipinski definition) is 4. The third-order valence-electron chi connectivity index (χ3n) is 4.15. The zero-order chi connectivity index (χ0) is 19.3. The highest BCUT2D eigenvalue weighted by Crippen LogP contribution is 2.22. The fourth-order valence-electron chi connectivity index (χ4n) is 2.21. The van der Waals surface area contributed by atoms with Crippen LogP contribution in [0, 0.1) is 5.92 Å². The van der Waals surface area contributed by atoms with Crippen LogP contribution >= 0.6 is 0 Å². The minimum atomic E-state index is -2.67. The van der Waals surface area contributed by atoms with Crippen molar-refractivity contribution in [3.05, 3.63) is 46.7 Å². The monoisotopic (exact) mass is 354 g/mol. The van der Waals surface area contributed by atoms with Gasteiger partial charge >= 0.3 is 0 Å². The maximum Gasteiger partial charge on any atom is 0.278 e. The second-order valence-electron chi connectivity index (χ2n) is 5.95. The summed E-state index contributed by atoms with van der Waals surface area (Å²) < 4.78 is 26.1. The highest BCUT2D eigenvalue weighted by Gasteiger charge is 2.36. The minimum absolute atomic E-state index is 0.0201. The van der Waals surface area contributed by atoms with E-state index >= 15 is 0 Å². The number of allylic oxidation sites excluding steroid dienone is 5. The molecule has 1 atom stereocenters. The average Bonchev–Trinajstić information content (AvgIpc) is 2.75. The third kappa shape index (κ3) is 4.63. The molecule has 0 radical (unpaired) electrons. The van der Waals surface area contributed by atoms with E-state index in [1.165, 1.54) is 26.0 Å². The molecule has 1 rings (SSSR count). The quantitative estimate of drug-likeness (QED) is 0.519. The number of carbonyl (C=O) groups excluding carboxylic acids is 2. The van der Waals surface area contributed by atoms with Crippen LogP contribution in [0.2, 0.25) is 0 Å². The molecule has 0 aromatic rings. The number of carbonyl (C=O) groups is 2. The van der Waals surface area contributed by atoms with Gasteiger partial charge in [-0.1, -0.05) is 26.5 Å². The van der Waals surface area contributed by atoms with E-state index in [9.17, 15) is 23.5 Å². The molecule has 0 aliphatic carbocycles. The van der Waals surface area contributed by atoms with E-state index in [-0.39, 0.29) is 28.2 Å². The summed E-state index contributed by atoms with van der Waals surface area (Å²) in [6.45, 7) is 9.66. The Labute approximate surface area is 146 Å². The summed E-state index contributed by atoms with van der Waals surface area (Å²) in [6, 6.07) is 0. The fourth-order valence-corrected chi connectivity index (χ4v) is 2.21. The van der Waals surface area contributed by atoms with E-state index in [1.807, 2.05) is 13.8 Å². The van der Waals surface area contributed by atoms with Crippen molar-refractivity contribution in [1.29, 1.82) is 0 Å². The van der Waals surface area contributed by atoms with Crippen LogP contribution < -0.4 is 5.43 Å². The first kappa shape index (κ1) is 20.8. The zero-order valence-electron chi connectivity index (χ0n) is 14.9. The molecule has 0 saturated heterocycles. The normalized spacial score (nSPS) is 17.7. The summed E-state index contributed by atoms with van der Waals surface area (Å²) in [5.74, 6) is -1.32. The molecule has 0 saturated carbocycles. The van der Waals surface area contributed by atoms with Crippen LogP contribution in [-0.2, 0) is 9.59 Å². The predicted octanol–water partition coefficient (Wildman–Crippen LogP) is 2.87. The molecular weight excluding hydrogens is 330 g/mol. The molecule has 2 N–H and O–H groups in total. The van der Waals surface area contributed by atoms with Crippen molar-refractivity contribution in [1.82, 2.24) is 10.4 Å². The van der Waals surface area contributed by atoms with Crippen molar-refractivity contribution in [2.24, 2.45) is 5.92 Å². The molecule has 1 aliphatic rings. The van der Waals surface area contributed by atoms with Gasteiger partial charge in [0.15, 0.2) is 0 Å². The van der Waals surface area contributed by atoms with Crippen molar-refractivity contribution in [3.63, 3.8) is 0 Å². The maximum atomic E-state index is 13.0. The standard InChI is InChI=1S/C18H24F2N2O3/c1-6-11(4)15(8-7-13(10(2)3)16(19)20)21-22-17(24)12(5)14(9-23)18(22)25/h7-8,11,16,21,23H,2,6,9H2,1,3-5H3/b13-7+,15-8+. The maximum absolute atomic E-state index is 13.0. The van der Waals surface area contributed by atoms with Gasteiger partial charge in [0.1, 0.15) is 0 Å². The van der Waals surface area contributed by atoms with E-state index < -0.39 is 24.8 Å². The van der Waals surface area contributed by atoms with E-state index in [1.54, 1.807) is 0 Å². The molecule has 7 heteroatoms. The van der Waals surface area contributed by atoms with Crippen LogP contribution in [0.15, 0.2) is 46.7 Å². The highest BCUT2D eigenvalue weighted by molar-refractivity contribution is 6.18. The van der Waals surface area contributed by atoms with Crippen LogP contribution in [0.1, 0.15) is 34.1 Å². The lowest BCUT2D eigenvalue weighted by Gasteiger charge is -2.23. The number of hydrazine groups is 1. The molecule has 1 heterocycles. The van der Waals surface area contributed by atoms with Crippen LogP contribution in [0.3, 0.4) is 0 Å². The first-order valence-corrected chi connectivity index (χ1v) is 7.97. The van der Waals surface area contributed by atoms with Gasteiger partial charge in [-0.25, -0.2) is 8.78 Å². The van der Waals surface area contributed by atoms with E-state index in [0.717, 1.165) is 5.01 Å². The number of imide groups is 1. The summed E-state index contributed by atoms with van der Waals surface area (Å²) in [4.78, 5) is 24.4. The molecule has 1 aliphatic heterocycles. The van der Waals surface area contributed by atoms with Crippen LogP contribution in [0.25, 0.3) is 0 Å². The number of aliphatic hydroxyl groups is 1. The smallest absolute Gasteiger partial charge is 0.278 e. The number of rotatable bonds is 8. The Morgan fingerprint density at radius 1 is 1.32 bits per heavy atom. The lowest BCUT2D eigenvalue weighted by Crippen LogP contribution is -2.44. The van der Waals surface area contributed by atoms with Gasteiger partial charge in [0.2, 0.25) is 0 Å². The van der Waals surface area contributed by atoms with E-state index in [2.05, 4.69) is 12.0 Å². The summed E-state index contributed by atoms with van der Waals surface area (Å²) in [5.41, 5.74) is 3.36. The average molecular weight is 354 g/mol. The molecule has 1 unspecified atom stereocenters. The predicted molar refractivity (Wildman–Crippen MR) is 91.2 cm³/mol. The SMILES string of the molecule is C=C(C)/C(=C\C=C(\NN1C(=O)C(C)=C(CO)C1=O)C(C)CC)C(F)F. The second kappa shape index (κ2) is 8.71. The van der Waals surface area contributed by atoms with Crippen molar-refractivity contribution in [2.45, 2.75) is 40.5 Å². The molecule has 0 fully saturated rings. The van der Waals surface area contributed by atoms with Crippen molar-refractivity contribution in [3.8, 4) is 0 Å². The molecule has 25 heavy (non-hydrogen) atoms. The van der Waals surface area contributed by atoms with Crippen LogP contribution in [-0.4, -0.2) is 35.0 Å². The Hall–Kier alpha value is -2.28. The lowest BCUT2D eigenvalue weighted by atomic mass is 10.0. The van der Waals surface area contributed by atoms with Gasteiger partial charge in [-0.2, -0.15) is 5.01 Å². The first-order valence-electron chi connectivity index (χ1n) is 7.97. The fraction of sp³-hybridized carbons (Fsp3) is 0.444. The van der Waals surface area contributed by atoms with Gasteiger partial charge in [-0.3, -0.25) is 15.0 Å². The van der Waals surface area contributed by atoms with E-state index in [0.29, 0.717) is 12.1 Å². The lowest BCUT2D eigenvalue weighted by molar-refractivity contribution is -0.140. The molecule has 2 amide bonds. The van der Waals surface area contributed by atoms with E-state index in [4.69, 9.17) is 0 Å². The third-order valence-corrected chi connectivity index (χ3v) is 4.15.